The van der Waals surface area contributed by atoms with E-state index in [4.69, 9.17) is 5.11 Å². The molecular weight excluding hydrogens is 254 g/mol. The molecule has 0 spiro atoms. The number of aromatic nitrogens is 2. The van der Waals surface area contributed by atoms with Crippen molar-refractivity contribution in [3.05, 3.63) is 10.6 Å². The SMILES string of the molecule is CCCc1nnsc1C(=O)NCC(CC)C(=O)O. The minimum absolute atomic E-state index is 0.133. The van der Waals surface area contributed by atoms with Crippen LogP contribution in [0.5, 0.6) is 0 Å². The maximum Gasteiger partial charge on any atom is 0.308 e. The molecular formula is C11H17N3O3S. The molecule has 18 heavy (non-hydrogen) atoms. The number of hydrogen-bond donors (Lipinski definition) is 2. The molecule has 0 radical (unpaired) electrons. The van der Waals surface area contributed by atoms with Gasteiger partial charge in [-0.15, -0.1) is 5.10 Å². The van der Waals surface area contributed by atoms with E-state index in [1.54, 1.807) is 6.92 Å². The van der Waals surface area contributed by atoms with Crippen molar-refractivity contribution in [2.24, 2.45) is 5.92 Å². The molecule has 1 aromatic rings. The first-order valence-corrected chi connectivity index (χ1v) is 6.69. The maximum absolute atomic E-state index is 11.9. The van der Waals surface area contributed by atoms with E-state index in [0.717, 1.165) is 18.0 Å². The van der Waals surface area contributed by atoms with E-state index < -0.39 is 11.9 Å². The van der Waals surface area contributed by atoms with Crippen LogP contribution in [0.4, 0.5) is 0 Å². The van der Waals surface area contributed by atoms with Gasteiger partial charge in [0.05, 0.1) is 11.6 Å². The van der Waals surface area contributed by atoms with Gasteiger partial charge in [-0.3, -0.25) is 9.59 Å². The van der Waals surface area contributed by atoms with Crippen LogP contribution in [-0.2, 0) is 11.2 Å². The Kier molecular flexibility index (Phi) is 5.70. The second-order valence-electron chi connectivity index (χ2n) is 3.95. The van der Waals surface area contributed by atoms with Crippen molar-refractivity contribution in [2.75, 3.05) is 6.54 Å². The fourth-order valence-corrected chi connectivity index (χ4v) is 2.11. The highest BCUT2D eigenvalue weighted by Crippen LogP contribution is 2.12. The molecule has 0 aliphatic rings. The molecule has 0 fully saturated rings. The third-order valence-corrected chi connectivity index (χ3v) is 3.37. The summed E-state index contributed by atoms with van der Waals surface area (Å²) in [5.41, 5.74) is 0.684. The Hall–Kier alpha value is -1.50. The van der Waals surface area contributed by atoms with Gasteiger partial charge in [0.1, 0.15) is 4.88 Å². The number of amides is 1. The Morgan fingerprint density at radius 2 is 2.17 bits per heavy atom. The second-order valence-corrected chi connectivity index (χ2v) is 4.71. The third kappa shape index (κ3) is 3.76. The number of aryl methyl sites for hydroxylation is 1. The highest BCUT2D eigenvalue weighted by Gasteiger charge is 2.19. The van der Waals surface area contributed by atoms with E-state index in [0.29, 0.717) is 23.4 Å². The van der Waals surface area contributed by atoms with Crippen molar-refractivity contribution in [3.63, 3.8) is 0 Å². The van der Waals surface area contributed by atoms with Gasteiger partial charge >= 0.3 is 5.97 Å². The normalized spacial score (nSPS) is 12.1. The van der Waals surface area contributed by atoms with Gasteiger partial charge in [-0.05, 0) is 24.4 Å². The number of carbonyl (C=O) groups is 2. The van der Waals surface area contributed by atoms with Crippen LogP contribution in [0.3, 0.4) is 0 Å². The third-order valence-electron chi connectivity index (χ3n) is 2.60. The molecule has 0 aliphatic heterocycles. The highest BCUT2D eigenvalue weighted by atomic mass is 32.1. The predicted octanol–water partition coefficient (Wildman–Crippen LogP) is 1.33. The fourth-order valence-electron chi connectivity index (χ4n) is 1.48. The average molecular weight is 271 g/mol. The minimum Gasteiger partial charge on any atom is -0.481 e. The number of aliphatic carboxylic acids is 1. The quantitative estimate of drug-likeness (QED) is 0.780. The van der Waals surface area contributed by atoms with Gasteiger partial charge < -0.3 is 10.4 Å². The lowest BCUT2D eigenvalue weighted by Gasteiger charge is -2.10. The van der Waals surface area contributed by atoms with Gasteiger partial charge in [0.2, 0.25) is 0 Å². The molecule has 2 N–H and O–H groups in total. The van der Waals surface area contributed by atoms with E-state index >= 15 is 0 Å². The van der Waals surface area contributed by atoms with Crippen molar-refractivity contribution >= 4 is 23.4 Å². The molecule has 0 bridgehead atoms. The van der Waals surface area contributed by atoms with Gasteiger partial charge in [-0.1, -0.05) is 24.8 Å². The van der Waals surface area contributed by atoms with Crippen molar-refractivity contribution in [1.82, 2.24) is 14.9 Å². The largest absolute Gasteiger partial charge is 0.481 e. The standard InChI is InChI=1S/C11H17N3O3S/c1-3-5-8-9(18-14-13-8)10(15)12-6-7(4-2)11(16)17/h7H,3-6H2,1-2H3,(H,12,15)(H,16,17). The van der Waals surface area contributed by atoms with Crippen LogP contribution in [0.25, 0.3) is 0 Å². The summed E-state index contributed by atoms with van der Waals surface area (Å²) in [5, 5.41) is 15.4. The molecule has 1 atom stereocenters. The molecule has 0 saturated heterocycles. The molecule has 1 amide bonds. The van der Waals surface area contributed by atoms with Crippen LogP contribution < -0.4 is 5.32 Å². The Morgan fingerprint density at radius 3 is 2.72 bits per heavy atom. The lowest BCUT2D eigenvalue weighted by Crippen LogP contribution is -2.32. The van der Waals surface area contributed by atoms with Crippen LogP contribution in [-0.4, -0.2) is 33.1 Å². The number of hydrogen-bond acceptors (Lipinski definition) is 5. The molecule has 6 nitrogen and oxygen atoms in total. The summed E-state index contributed by atoms with van der Waals surface area (Å²) in [7, 11) is 0. The van der Waals surface area contributed by atoms with Crippen LogP contribution in [0.15, 0.2) is 0 Å². The summed E-state index contributed by atoms with van der Waals surface area (Å²) in [6.07, 6.45) is 2.08. The predicted molar refractivity (Wildman–Crippen MR) is 67.7 cm³/mol. The van der Waals surface area contributed by atoms with E-state index in [1.807, 2.05) is 6.92 Å². The lowest BCUT2D eigenvalue weighted by atomic mass is 10.1. The summed E-state index contributed by atoms with van der Waals surface area (Å²) < 4.78 is 3.76. The van der Waals surface area contributed by atoms with Gasteiger partial charge in [-0.2, -0.15) is 0 Å². The smallest absolute Gasteiger partial charge is 0.308 e. The zero-order valence-electron chi connectivity index (χ0n) is 10.5. The Morgan fingerprint density at radius 1 is 1.44 bits per heavy atom. The molecule has 7 heteroatoms. The summed E-state index contributed by atoms with van der Waals surface area (Å²) >= 11 is 1.04. The molecule has 1 rings (SSSR count). The van der Waals surface area contributed by atoms with Crippen molar-refractivity contribution < 1.29 is 14.7 Å². The summed E-state index contributed by atoms with van der Waals surface area (Å²) in [6, 6.07) is 0. The van der Waals surface area contributed by atoms with Crippen LogP contribution in [0.1, 0.15) is 42.1 Å². The first kappa shape index (κ1) is 14.6. The zero-order chi connectivity index (χ0) is 13.5. The van der Waals surface area contributed by atoms with Crippen LogP contribution in [0, 0.1) is 5.92 Å². The lowest BCUT2D eigenvalue weighted by molar-refractivity contribution is -0.141. The topological polar surface area (TPSA) is 92.2 Å². The molecule has 0 aromatic carbocycles. The number of nitrogens with one attached hydrogen (secondary N) is 1. The molecule has 1 unspecified atom stereocenters. The summed E-state index contributed by atoms with van der Waals surface area (Å²) in [5.74, 6) is -1.73. The number of rotatable bonds is 7. The highest BCUT2D eigenvalue weighted by molar-refractivity contribution is 7.08. The first-order chi connectivity index (χ1) is 8.60. The summed E-state index contributed by atoms with van der Waals surface area (Å²) in [4.78, 5) is 23.2. The van der Waals surface area contributed by atoms with Gasteiger partial charge in [-0.25, -0.2) is 0 Å². The van der Waals surface area contributed by atoms with Gasteiger partial charge in [0, 0.05) is 6.54 Å². The monoisotopic (exact) mass is 271 g/mol. The number of carboxylic acids is 1. The van der Waals surface area contributed by atoms with Crippen LogP contribution in [0.2, 0.25) is 0 Å². The molecule has 0 saturated carbocycles. The molecule has 1 aromatic heterocycles. The molecule has 100 valence electrons. The zero-order valence-corrected chi connectivity index (χ0v) is 11.3. The van der Waals surface area contributed by atoms with E-state index in [2.05, 4.69) is 14.9 Å². The van der Waals surface area contributed by atoms with Crippen molar-refractivity contribution in [2.45, 2.75) is 33.1 Å². The Labute approximate surface area is 110 Å². The van der Waals surface area contributed by atoms with E-state index in [9.17, 15) is 9.59 Å². The average Bonchev–Trinajstić information content (AvgIpc) is 2.78. The van der Waals surface area contributed by atoms with Gasteiger partial charge in [0.15, 0.2) is 0 Å². The number of carbonyl (C=O) groups excluding carboxylic acids is 1. The molecule has 1 heterocycles. The van der Waals surface area contributed by atoms with Crippen molar-refractivity contribution in [3.8, 4) is 0 Å². The minimum atomic E-state index is -0.894. The van der Waals surface area contributed by atoms with Crippen LogP contribution >= 0.6 is 11.5 Å². The fraction of sp³-hybridized carbons (Fsp3) is 0.636. The first-order valence-electron chi connectivity index (χ1n) is 5.92. The van der Waals surface area contributed by atoms with E-state index in [-0.39, 0.29) is 12.5 Å². The Balaban J connectivity index is 2.59. The Bertz CT molecular complexity index is 419. The molecule has 0 aliphatic carbocycles. The summed E-state index contributed by atoms with van der Waals surface area (Å²) in [6.45, 7) is 3.91. The van der Waals surface area contributed by atoms with E-state index in [1.165, 1.54) is 0 Å². The maximum atomic E-state index is 11.9. The number of carboxylic acid groups (broad SMARTS) is 1. The van der Waals surface area contributed by atoms with Crippen molar-refractivity contribution in [1.29, 1.82) is 0 Å². The number of nitrogens with zero attached hydrogens (tertiary/aromatic N) is 2. The second kappa shape index (κ2) is 7.05. The van der Waals surface area contributed by atoms with Gasteiger partial charge in [0.25, 0.3) is 5.91 Å².